The zero-order valence-electron chi connectivity index (χ0n) is 8.53. The third-order valence-electron chi connectivity index (χ3n) is 2.29. The predicted molar refractivity (Wildman–Crippen MR) is 52.5 cm³/mol. The van der Waals surface area contributed by atoms with Crippen LogP contribution in [0.1, 0.15) is 12.8 Å². The summed E-state index contributed by atoms with van der Waals surface area (Å²) in [5.41, 5.74) is 5.35. The maximum Gasteiger partial charge on any atom is 0.243 e. The minimum atomic E-state index is -0.108. The number of carbonyl (C=O) groups is 2. The number of amides is 2. The number of likely N-dealkylation sites (N-methyl/N-ethyl adjacent to an activating group) is 1. The van der Waals surface area contributed by atoms with Gasteiger partial charge >= 0.3 is 0 Å². The lowest BCUT2D eigenvalue weighted by Gasteiger charge is -2.19. The molecule has 0 atom stereocenters. The second-order valence-corrected chi connectivity index (χ2v) is 3.57. The molecule has 1 heterocycles. The molecule has 0 radical (unpaired) electrons. The van der Waals surface area contributed by atoms with Gasteiger partial charge in [0.05, 0.1) is 6.54 Å². The molecule has 1 aliphatic rings. The fourth-order valence-electron chi connectivity index (χ4n) is 1.53. The third kappa shape index (κ3) is 2.78. The fourth-order valence-corrected chi connectivity index (χ4v) is 1.53. The van der Waals surface area contributed by atoms with Crippen LogP contribution in [0, 0.1) is 0 Å². The van der Waals surface area contributed by atoms with Crippen LogP contribution in [-0.4, -0.2) is 54.8 Å². The fraction of sp³-hybridized carbons (Fsp3) is 0.778. The smallest absolute Gasteiger partial charge is 0.243 e. The molecule has 1 saturated heterocycles. The lowest BCUT2D eigenvalue weighted by atomic mass is 10.4. The molecular formula is C9H17N3O2. The number of likely N-dealkylation sites (tertiary alicyclic amines) is 1. The highest BCUT2D eigenvalue weighted by Crippen LogP contribution is 2.09. The van der Waals surface area contributed by atoms with E-state index in [0.29, 0.717) is 26.1 Å². The Balaban J connectivity index is 2.37. The van der Waals surface area contributed by atoms with E-state index in [1.54, 1.807) is 0 Å². The topological polar surface area (TPSA) is 66.6 Å². The third-order valence-corrected chi connectivity index (χ3v) is 2.29. The zero-order valence-corrected chi connectivity index (χ0v) is 8.53. The second-order valence-electron chi connectivity index (χ2n) is 3.57. The van der Waals surface area contributed by atoms with E-state index in [9.17, 15) is 9.59 Å². The molecule has 0 bridgehead atoms. The lowest BCUT2D eigenvalue weighted by molar-refractivity contribution is -0.142. The normalized spacial score (nSPS) is 16.8. The zero-order chi connectivity index (χ0) is 10.6. The van der Waals surface area contributed by atoms with Gasteiger partial charge in [-0.25, -0.2) is 0 Å². The van der Waals surface area contributed by atoms with Crippen LogP contribution in [0.25, 0.3) is 0 Å². The summed E-state index contributed by atoms with van der Waals surface area (Å²) >= 11 is 0. The lowest BCUT2D eigenvalue weighted by Crippen LogP contribution is -2.40. The molecular weight excluding hydrogens is 182 g/mol. The first-order valence-corrected chi connectivity index (χ1v) is 4.87. The average molecular weight is 199 g/mol. The quantitative estimate of drug-likeness (QED) is 0.632. The van der Waals surface area contributed by atoms with Crippen molar-refractivity contribution in [3.8, 4) is 0 Å². The van der Waals surface area contributed by atoms with E-state index in [2.05, 4.69) is 0 Å². The first kappa shape index (κ1) is 11.1. The first-order valence-electron chi connectivity index (χ1n) is 4.87. The summed E-state index contributed by atoms with van der Waals surface area (Å²) < 4.78 is 0. The van der Waals surface area contributed by atoms with Gasteiger partial charge in [-0.1, -0.05) is 0 Å². The Kier molecular flexibility index (Phi) is 4.03. The van der Waals surface area contributed by atoms with Crippen molar-refractivity contribution in [2.75, 3.05) is 33.2 Å². The molecule has 1 fully saturated rings. The van der Waals surface area contributed by atoms with Gasteiger partial charge in [-0.2, -0.15) is 0 Å². The van der Waals surface area contributed by atoms with Crippen LogP contribution in [0.2, 0.25) is 0 Å². The molecule has 2 N–H and O–H groups in total. The van der Waals surface area contributed by atoms with Crippen molar-refractivity contribution in [1.29, 1.82) is 0 Å². The summed E-state index contributed by atoms with van der Waals surface area (Å²) in [6.07, 6.45) is 1.30. The predicted octanol–water partition coefficient (Wildman–Crippen LogP) is -0.974. The van der Waals surface area contributed by atoms with Gasteiger partial charge < -0.3 is 5.73 Å². The van der Waals surface area contributed by atoms with Gasteiger partial charge in [0.15, 0.2) is 0 Å². The Morgan fingerprint density at radius 3 is 2.86 bits per heavy atom. The molecule has 80 valence electrons. The molecule has 0 aromatic carbocycles. The molecule has 5 nitrogen and oxygen atoms in total. The number of nitrogens with zero attached hydrogens (tertiary/aromatic N) is 2. The van der Waals surface area contributed by atoms with Crippen molar-refractivity contribution in [2.24, 2.45) is 5.73 Å². The van der Waals surface area contributed by atoms with Gasteiger partial charge in [-0.3, -0.25) is 19.4 Å². The maximum absolute atomic E-state index is 11.6. The molecule has 14 heavy (non-hydrogen) atoms. The summed E-state index contributed by atoms with van der Waals surface area (Å²) in [4.78, 5) is 25.9. The number of rotatable bonds is 4. The molecule has 0 spiro atoms. The van der Waals surface area contributed by atoms with E-state index in [1.807, 2.05) is 11.9 Å². The van der Waals surface area contributed by atoms with E-state index in [-0.39, 0.29) is 18.4 Å². The van der Waals surface area contributed by atoms with Crippen LogP contribution < -0.4 is 5.73 Å². The van der Waals surface area contributed by atoms with Gasteiger partial charge in [0.25, 0.3) is 0 Å². The molecule has 1 rings (SSSR count). The van der Waals surface area contributed by atoms with Crippen molar-refractivity contribution in [2.45, 2.75) is 12.8 Å². The van der Waals surface area contributed by atoms with Crippen molar-refractivity contribution in [3.05, 3.63) is 0 Å². The minimum absolute atomic E-state index is 0.0452. The Morgan fingerprint density at radius 2 is 2.36 bits per heavy atom. The maximum atomic E-state index is 11.6. The van der Waals surface area contributed by atoms with E-state index in [4.69, 9.17) is 5.73 Å². The minimum Gasteiger partial charge on any atom is -0.329 e. The standard InChI is InChI=1S/C9H17N3O2/c1-11(6-4-10)7-9(14)12-5-2-3-8(12)13/h2-7,10H2,1H3. The monoisotopic (exact) mass is 199 g/mol. The molecule has 5 heteroatoms. The molecule has 1 aliphatic heterocycles. The summed E-state index contributed by atoms with van der Waals surface area (Å²) in [5, 5.41) is 0. The van der Waals surface area contributed by atoms with Gasteiger partial charge in [-0.05, 0) is 13.5 Å². The molecule has 0 unspecified atom stereocenters. The Bertz CT molecular complexity index is 230. The molecule has 0 aliphatic carbocycles. The first-order chi connectivity index (χ1) is 6.65. The van der Waals surface area contributed by atoms with Crippen LogP contribution in [0.15, 0.2) is 0 Å². The van der Waals surface area contributed by atoms with Gasteiger partial charge in [0.2, 0.25) is 11.8 Å². The Hall–Kier alpha value is -0.940. The number of carbonyl (C=O) groups excluding carboxylic acids is 2. The average Bonchev–Trinajstić information content (AvgIpc) is 2.51. The van der Waals surface area contributed by atoms with Crippen LogP contribution >= 0.6 is 0 Å². The highest BCUT2D eigenvalue weighted by molar-refractivity contribution is 5.97. The van der Waals surface area contributed by atoms with Gasteiger partial charge in [0, 0.05) is 26.1 Å². The van der Waals surface area contributed by atoms with E-state index in [0.717, 1.165) is 6.42 Å². The number of hydrogen-bond donors (Lipinski definition) is 1. The summed E-state index contributed by atoms with van der Waals surface area (Å²) in [5.74, 6) is -0.153. The highest BCUT2D eigenvalue weighted by Gasteiger charge is 2.26. The summed E-state index contributed by atoms with van der Waals surface area (Å²) in [6, 6.07) is 0. The van der Waals surface area contributed by atoms with Crippen LogP contribution in [-0.2, 0) is 9.59 Å². The van der Waals surface area contributed by atoms with Crippen molar-refractivity contribution in [3.63, 3.8) is 0 Å². The van der Waals surface area contributed by atoms with E-state index >= 15 is 0 Å². The Labute approximate surface area is 83.8 Å². The molecule has 2 amide bonds. The van der Waals surface area contributed by atoms with Crippen LogP contribution in [0.4, 0.5) is 0 Å². The number of hydrogen-bond acceptors (Lipinski definition) is 4. The van der Waals surface area contributed by atoms with Crippen LogP contribution in [0.5, 0.6) is 0 Å². The largest absolute Gasteiger partial charge is 0.329 e. The highest BCUT2D eigenvalue weighted by atomic mass is 16.2. The van der Waals surface area contributed by atoms with Gasteiger partial charge in [0.1, 0.15) is 0 Å². The SMILES string of the molecule is CN(CCN)CC(=O)N1CCCC1=O. The number of imide groups is 1. The Morgan fingerprint density at radius 1 is 1.64 bits per heavy atom. The van der Waals surface area contributed by atoms with Crippen molar-refractivity contribution < 1.29 is 9.59 Å². The van der Waals surface area contributed by atoms with E-state index < -0.39 is 0 Å². The number of nitrogens with two attached hydrogens (primary N) is 1. The summed E-state index contributed by atoms with van der Waals surface area (Å²) in [6.45, 7) is 2.06. The summed E-state index contributed by atoms with van der Waals surface area (Å²) in [7, 11) is 1.82. The van der Waals surface area contributed by atoms with Crippen molar-refractivity contribution in [1.82, 2.24) is 9.80 Å². The van der Waals surface area contributed by atoms with Gasteiger partial charge in [-0.15, -0.1) is 0 Å². The second kappa shape index (κ2) is 5.07. The molecule has 0 aromatic rings. The molecule has 0 aromatic heterocycles. The van der Waals surface area contributed by atoms with Crippen LogP contribution in [0.3, 0.4) is 0 Å². The molecule has 0 saturated carbocycles. The van der Waals surface area contributed by atoms with E-state index in [1.165, 1.54) is 4.90 Å². The van der Waals surface area contributed by atoms with Crippen molar-refractivity contribution >= 4 is 11.8 Å².